The number of pyridine rings is 1. The lowest BCUT2D eigenvalue weighted by Crippen LogP contribution is -2.26. The predicted molar refractivity (Wildman–Crippen MR) is 105 cm³/mol. The Hall–Kier alpha value is -3.02. The van der Waals surface area contributed by atoms with Crippen LogP contribution in [0.2, 0.25) is 0 Å². The van der Waals surface area contributed by atoms with Crippen LogP contribution >= 0.6 is 0 Å². The number of carbonyl (C=O) groups excluding carboxylic acids is 1. The summed E-state index contributed by atoms with van der Waals surface area (Å²) in [6, 6.07) is 13.1. The molecule has 3 rings (SSSR count). The lowest BCUT2D eigenvalue weighted by Gasteiger charge is -2.21. The van der Waals surface area contributed by atoms with E-state index >= 15 is 0 Å². The van der Waals surface area contributed by atoms with Crippen LogP contribution in [0.3, 0.4) is 0 Å². The highest BCUT2D eigenvalue weighted by atomic mass is 16.1. The largest absolute Gasteiger partial charge is 0.355 e. The smallest absolute Gasteiger partial charge is 0.276 e. The van der Waals surface area contributed by atoms with Crippen LogP contribution in [0, 0.1) is 0 Å². The number of fused-ring (bicyclic) bond motifs is 1. The van der Waals surface area contributed by atoms with E-state index in [1.54, 1.807) is 12.3 Å². The molecule has 0 aliphatic rings. The Labute approximate surface area is 153 Å². The number of hydrogen-bond donors (Lipinski definition) is 1. The lowest BCUT2D eigenvalue weighted by atomic mass is 10.2. The number of hydrogen-bond acceptors (Lipinski definition) is 5. The Balaban J connectivity index is 1.77. The molecule has 0 fully saturated rings. The Morgan fingerprint density at radius 3 is 2.46 bits per heavy atom. The van der Waals surface area contributed by atoms with Gasteiger partial charge in [0.1, 0.15) is 0 Å². The van der Waals surface area contributed by atoms with Crippen molar-refractivity contribution in [3.63, 3.8) is 0 Å². The van der Waals surface area contributed by atoms with Crippen molar-refractivity contribution in [2.75, 3.05) is 23.3 Å². The first-order valence-electron chi connectivity index (χ1n) is 8.96. The van der Waals surface area contributed by atoms with Gasteiger partial charge in [0.2, 0.25) is 0 Å². The summed E-state index contributed by atoms with van der Waals surface area (Å²) < 4.78 is 0. The van der Waals surface area contributed by atoms with Gasteiger partial charge in [-0.1, -0.05) is 32.0 Å². The van der Waals surface area contributed by atoms with Gasteiger partial charge >= 0.3 is 0 Å². The number of aromatic nitrogens is 3. The number of rotatable bonds is 7. The van der Waals surface area contributed by atoms with Gasteiger partial charge in [-0.3, -0.25) is 9.78 Å². The second-order valence-electron chi connectivity index (χ2n) is 6.10. The van der Waals surface area contributed by atoms with E-state index < -0.39 is 0 Å². The number of nitrogens with one attached hydrogen (secondary N) is 1. The number of nitrogens with zero attached hydrogens (tertiary/aromatic N) is 4. The van der Waals surface area contributed by atoms with E-state index in [0.29, 0.717) is 5.69 Å². The van der Waals surface area contributed by atoms with Crippen molar-refractivity contribution in [2.45, 2.75) is 26.7 Å². The SMILES string of the molecule is CCCN(CCC)c1ccc(C(=O)Nc2cccc3cccnc23)nn1. The summed E-state index contributed by atoms with van der Waals surface area (Å²) in [4.78, 5) is 19.1. The molecular weight excluding hydrogens is 326 g/mol. The molecule has 0 saturated heterocycles. The number of benzene rings is 1. The normalized spacial score (nSPS) is 10.7. The average molecular weight is 349 g/mol. The van der Waals surface area contributed by atoms with Gasteiger partial charge in [-0.05, 0) is 37.1 Å². The third-order valence-corrected chi connectivity index (χ3v) is 4.08. The Kier molecular flexibility index (Phi) is 5.73. The molecule has 6 heteroatoms. The molecule has 134 valence electrons. The first-order valence-corrected chi connectivity index (χ1v) is 8.96. The maximum Gasteiger partial charge on any atom is 0.276 e. The van der Waals surface area contributed by atoms with Crippen LogP contribution in [0.4, 0.5) is 11.5 Å². The molecule has 2 aromatic heterocycles. The maximum atomic E-state index is 12.5. The lowest BCUT2D eigenvalue weighted by molar-refractivity contribution is 0.102. The molecule has 1 amide bonds. The van der Waals surface area contributed by atoms with E-state index in [0.717, 1.165) is 42.7 Å². The van der Waals surface area contributed by atoms with Gasteiger partial charge in [-0.25, -0.2) is 0 Å². The van der Waals surface area contributed by atoms with E-state index in [1.807, 2.05) is 36.4 Å². The van der Waals surface area contributed by atoms with Gasteiger partial charge in [0, 0.05) is 24.7 Å². The molecule has 3 aromatic rings. The molecule has 0 saturated carbocycles. The van der Waals surface area contributed by atoms with Crippen molar-refractivity contribution in [3.8, 4) is 0 Å². The fourth-order valence-corrected chi connectivity index (χ4v) is 2.89. The third kappa shape index (κ3) is 3.96. The van der Waals surface area contributed by atoms with E-state index in [4.69, 9.17) is 0 Å². The molecule has 0 aliphatic carbocycles. The molecule has 1 aromatic carbocycles. The van der Waals surface area contributed by atoms with Gasteiger partial charge in [-0.2, -0.15) is 0 Å². The summed E-state index contributed by atoms with van der Waals surface area (Å²) in [6.07, 6.45) is 3.79. The summed E-state index contributed by atoms with van der Waals surface area (Å²) in [7, 11) is 0. The summed E-state index contributed by atoms with van der Waals surface area (Å²) in [6.45, 7) is 6.12. The van der Waals surface area contributed by atoms with Crippen molar-refractivity contribution in [1.29, 1.82) is 0 Å². The van der Waals surface area contributed by atoms with Crippen molar-refractivity contribution in [2.24, 2.45) is 0 Å². The van der Waals surface area contributed by atoms with Gasteiger partial charge in [0.05, 0.1) is 11.2 Å². The molecule has 0 unspecified atom stereocenters. The number of amides is 1. The highest BCUT2D eigenvalue weighted by Crippen LogP contribution is 2.21. The van der Waals surface area contributed by atoms with Crippen LogP contribution in [0.5, 0.6) is 0 Å². The minimum Gasteiger partial charge on any atom is -0.355 e. The quantitative estimate of drug-likeness (QED) is 0.700. The zero-order valence-corrected chi connectivity index (χ0v) is 15.1. The van der Waals surface area contributed by atoms with Crippen LogP contribution in [0.25, 0.3) is 10.9 Å². The zero-order valence-electron chi connectivity index (χ0n) is 15.1. The van der Waals surface area contributed by atoms with Gasteiger partial charge in [-0.15, -0.1) is 10.2 Å². The standard InChI is InChI=1S/C20H23N5O/c1-3-13-25(14-4-2)18-11-10-17(23-24-18)20(26)22-16-9-5-7-15-8-6-12-21-19(15)16/h5-12H,3-4,13-14H2,1-2H3,(H,22,26). The minimum absolute atomic E-state index is 0.287. The fraction of sp³-hybridized carbons (Fsp3) is 0.300. The highest BCUT2D eigenvalue weighted by Gasteiger charge is 2.13. The maximum absolute atomic E-state index is 12.5. The fourth-order valence-electron chi connectivity index (χ4n) is 2.89. The molecule has 26 heavy (non-hydrogen) atoms. The topological polar surface area (TPSA) is 71.0 Å². The third-order valence-electron chi connectivity index (χ3n) is 4.08. The second kappa shape index (κ2) is 8.38. The number of anilines is 2. The summed E-state index contributed by atoms with van der Waals surface area (Å²) >= 11 is 0. The van der Waals surface area contributed by atoms with Crippen LogP contribution in [0.1, 0.15) is 37.2 Å². The van der Waals surface area contributed by atoms with E-state index in [2.05, 4.69) is 39.2 Å². The molecule has 0 spiro atoms. The molecule has 0 radical (unpaired) electrons. The first kappa shape index (κ1) is 17.8. The summed E-state index contributed by atoms with van der Waals surface area (Å²) in [5.41, 5.74) is 1.71. The van der Waals surface area contributed by atoms with Gasteiger partial charge in [0.25, 0.3) is 5.91 Å². The molecular formula is C20H23N5O. The second-order valence-corrected chi connectivity index (χ2v) is 6.10. The Bertz CT molecular complexity index is 868. The van der Waals surface area contributed by atoms with Crippen LogP contribution in [0.15, 0.2) is 48.7 Å². The van der Waals surface area contributed by atoms with Crippen LogP contribution in [-0.2, 0) is 0 Å². The molecule has 0 atom stereocenters. The van der Waals surface area contributed by atoms with Crippen molar-refractivity contribution < 1.29 is 4.79 Å². The highest BCUT2D eigenvalue weighted by molar-refractivity contribution is 6.07. The molecule has 6 nitrogen and oxygen atoms in total. The first-order chi connectivity index (χ1) is 12.7. The van der Waals surface area contributed by atoms with E-state index in [9.17, 15) is 4.79 Å². The van der Waals surface area contributed by atoms with Gasteiger partial charge < -0.3 is 10.2 Å². The average Bonchev–Trinajstić information content (AvgIpc) is 2.68. The molecule has 1 N–H and O–H groups in total. The summed E-state index contributed by atoms with van der Waals surface area (Å²) in [5.74, 6) is 0.511. The van der Waals surface area contributed by atoms with Crippen molar-refractivity contribution >= 4 is 28.3 Å². The van der Waals surface area contributed by atoms with Crippen LogP contribution in [-0.4, -0.2) is 34.2 Å². The monoisotopic (exact) mass is 349 g/mol. The van der Waals surface area contributed by atoms with E-state index in [-0.39, 0.29) is 11.6 Å². The predicted octanol–water partition coefficient (Wildman–Crippen LogP) is 3.90. The zero-order chi connectivity index (χ0) is 18.4. The van der Waals surface area contributed by atoms with Crippen molar-refractivity contribution in [1.82, 2.24) is 15.2 Å². The Morgan fingerprint density at radius 1 is 1.00 bits per heavy atom. The molecule has 2 heterocycles. The summed E-state index contributed by atoms with van der Waals surface area (Å²) in [5, 5.41) is 12.2. The molecule has 0 bridgehead atoms. The number of para-hydroxylation sites is 1. The molecule has 0 aliphatic heterocycles. The van der Waals surface area contributed by atoms with E-state index in [1.165, 1.54) is 0 Å². The minimum atomic E-state index is -0.292. The Morgan fingerprint density at radius 2 is 1.77 bits per heavy atom. The number of carbonyl (C=O) groups is 1. The van der Waals surface area contributed by atoms with Crippen molar-refractivity contribution in [3.05, 3.63) is 54.4 Å². The van der Waals surface area contributed by atoms with Gasteiger partial charge in [0.15, 0.2) is 11.5 Å². The van der Waals surface area contributed by atoms with Crippen LogP contribution < -0.4 is 10.2 Å².